The van der Waals surface area contributed by atoms with E-state index in [1.54, 1.807) is 17.0 Å². The maximum Gasteiger partial charge on any atom is 0.261 e. The average molecular weight is 308 g/mol. The molecule has 23 heavy (non-hydrogen) atoms. The van der Waals surface area contributed by atoms with Crippen molar-refractivity contribution in [3.8, 4) is 5.75 Å². The maximum absolute atomic E-state index is 12.4. The van der Waals surface area contributed by atoms with Crippen LogP contribution in [0.5, 0.6) is 5.75 Å². The number of ether oxygens (including phenoxy) is 1. The fourth-order valence-electron chi connectivity index (χ4n) is 2.61. The van der Waals surface area contributed by atoms with Gasteiger partial charge in [-0.15, -0.1) is 0 Å². The van der Waals surface area contributed by atoms with Crippen LogP contribution in [-0.4, -0.2) is 16.2 Å². The zero-order valence-corrected chi connectivity index (χ0v) is 13.4. The molecule has 1 heterocycles. The molecule has 4 nitrogen and oxygen atoms in total. The van der Waals surface area contributed by atoms with Gasteiger partial charge in [0.2, 0.25) is 0 Å². The predicted molar refractivity (Wildman–Crippen MR) is 92.0 cm³/mol. The summed E-state index contributed by atoms with van der Waals surface area (Å²) in [6.45, 7) is 5.19. The van der Waals surface area contributed by atoms with Gasteiger partial charge in [0, 0.05) is 0 Å². The van der Waals surface area contributed by atoms with E-state index in [4.69, 9.17) is 4.74 Å². The van der Waals surface area contributed by atoms with Crippen LogP contribution in [0.3, 0.4) is 0 Å². The molecule has 0 aliphatic rings. The Morgan fingerprint density at radius 2 is 1.83 bits per heavy atom. The van der Waals surface area contributed by atoms with Crippen molar-refractivity contribution in [2.24, 2.45) is 0 Å². The van der Waals surface area contributed by atoms with E-state index in [0.29, 0.717) is 24.5 Å². The molecule has 0 unspecified atom stereocenters. The van der Waals surface area contributed by atoms with Crippen LogP contribution < -0.4 is 10.3 Å². The summed E-state index contributed by atoms with van der Waals surface area (Å²) < 4.78 is 7.48. The summed E-state index contributed by atoms with van der Waals surface area (Å²) >= 11 is 0. The smallest absolute Gasteiger partial charge is 0.261 e. The first kappa shape index (κ1) is 15.3. The Balaban J connectivity index is 1.75. The molecular weight excluding hydrogens is 288 g/mol. The molecule has 0 N–H and O–H groups in total. The Morgan fingerprint density at radius 3 is 2.65 bits per heavy atom. The van der Waals surface area contributed by atoms with E-state index in [0.717, 1.165) is 11.3 Å². The summed E-state index contributed by atoms with van der Waals surface area (Å²) in [6, 6.07) is 15.4. The Kier molecular flexibility index (Phi) is 4.42. The predicted octanol–water partition coefficient (Wildman–Crippen LogP) is 3.60. The Labute approximate surface area is 135 Å². The van der Waals surface area contributed by atoms with Gasteiger partial charge in [0.15, 0.2) is 0 Å². The third-order valence-corrected chi connectivity index (χ3v) is 3.86. The minimum atomic E-state index is -0.0312. The minimum absolute atomic E-state index is 0.0312. The SMILES string of the molecule is CC(C)c1ccccc1OCCn1cnc2ccccc2c1=O. The van der Waals surface area contributed by atoms with Crippen molar-refractivity contribution in [2.75, 3.05) is 6.61 Å². The van der Waals surface area contributed by atoms with Crippen LogP contribution in [0.25, 0.3) is 10.9 Å². The van der Waals surface area contributed by atoms with Crippen molar-refractivity contribution in [3.63, 3.8) is 0 Å². The molecule has 4 heteroatoms. The van der Waals surface area contributed by atoms with Crippen LogP contribution in [0.2, 0.25) is 0 Å². The zero-order chi connectivity index (χ0) is 16.2. The molecule has 0 aliphatic heterocycles. The molecule has 0 fully saturated rings. The standard InChI is InChI=1S/C19H20N2O2/c1-14(2)15-7-4-6-10-18(15)23-12-11-21-13-20-17-9-5-3-8-16(17)19(21)22/h3-10,13-14H,11-12H2,1-2H3. The van der Waals surface area contributed by atoms with Crippen LogP contribution in [0.15, 0.2) is 59.7 Å². The molecule has 0 amide bonds. The number of hydrogen-bond acceptors (Lipinski definition) is 3. The van der Waals surface area contributed by atoms with Gasteiger partial charge in [-0.05, 0) is 29.7 Å². The van der Waals surface area contributed by atoms with Crippen LogP contribution in [-0.2, 0) is 6.54 Å². The maximum atomic E-state index is 12.4. The molecular formula is C19H20N2O2. The van der Waals surface area contributed by atoms with Gasteiger partial charge in [0.1, 0.15) is 12.4 Å². The molecule has 0 saturated heterocycles. The van der Waals surface area contributed by atoms with Gasteiger partial charge in [-0.3, -0.25) is 9.36 Å². The lowest BCUT2D eigenvalue weighted by atomic mass is 10.0. The van der Waals surface area contributed by atoms with Gasteiger partial charge in [-0.25, -0.2) is 4.98 Å². The van der Waals surface area contributed by atoms with Crippen molar-refractivity contribution in [1.82, 2.24) is 9.55 Å². The number of benzene rings is 2. The monoisotopic (exact) mass is 308 g/mol. The summed E-state index contributed by atoms with van der Waals surface area (Å²) in [5, 5.41) is 0.637. The lowest BCUT2D eigenvalue weighted by molar-refractivity contribution is 0.292. The Bertz CT molecular complexity index is 868. The molecule has 0 bridgehead atoms. The molecule has 0 spiro atoms. The minimum Gasteiger partial charge on any atom is -0.491 e. The van der Waals surface area contributed by atoms with Crippen LogP contribution in [0.4, 0.5) is 0 Å². The molecule has 118 valence electrons. The van der Waals surface area contributed by atoms with E-state index in [2.05, 4.69) is 24.9 Å². The first-order valence-electron chi connectivity index (χ1n) is 7.82. The number of para-hydroxylation sites is 2. The highest BCUT2D eigenvalue weighted by Crippen LogP contribution is 2.25. The number of rotatable bonds is 5. The van der Waals surface area contributed by atoms with Gasteiger partial charge in [-0.1, -0.05) is 44.2 Å². The van der Waals surface area contributed by atoms with Gasteiger partial charge >= 0.3 is 0 Å². The molecule has 0 saturated carbocycles. The number of nitrogens with zero attached hydrogens (tertiary/aromatic N) is 2. The first-order chi connectivity index (χ1) is 11.2. The van der Waals surface area contributed by atoms with Crippen LogP contribution in [0.1, 0.15) is 25.3 Å². The molecule has 2 aromatic carbocycles. The Hall–Kier alpha value is -2.62. The molecule has 0 aliphatic carbocycles. The molecule has 1 aromatic heterocycles. The van der Waals surface area contributed by atoms with Crippen molar-refractivity contribution in [2.45, 2.75) is 26.3 Å². The van der Waals surface area contributed by atoms with E-state index >= 15 is 0 Å². The quantitative estimate of drug-likeness (QED) is 0.723. The normalized spacial score (nSPS) is 11.1. The van der Waals surface area contributed by atoms with Gasteiger partial charge in [0.05, 0.1) is 23.8 Å². The largest absolute Gasteiger partial charge is 0.491 e. The third-order valence-electron chi connectivity index (χ3n) is 3.86. The second-order valence-electron chi connectivity index (χ2n) is 5.80. The van der Waals surface area contributed by atoms with E-state index < -0.39 is 0 Å². The van der Waals surface area contributed by atoms with E-state index in [1.807, 2.05) is 36.4 Å². The molecule has 0 radical (unpaired) electrons. The summed E-state index contributed by atoms with van der Waals surface area (Å²) in [6.07, 6.45) is 1.59. The van der Waals surface area contributed by atoms with E-state index in [9.17, 15) is 4.79 Å². The Morgan fingerprint density at radius 1 is 1.09 bits per heavy atom. The lowest BCUT2D eigenvalue weighted by Gasteiger charge is -2.14. The summed E-state index contributed by atoms with van der Waals surface area (Å²) in [4.78, 5) is 16.7. The van der Waals surface area contributed by atoms with Gasteiger partial charge < -0.3 is 4.74 Å². The van der Waals surface area contributed by atoms with Crippen molar-refractivity contribution < 1.29 is 4.74 Å². The van der Waals surface area contributed by atoms with Crippen molar-refractivity contribution in [1.29, 1.82) is 0 Å². The van der Waals surface area contributed by atoms with Crippen molar-refractivity contribution >= 4 is 10.9 Å². The fraction of sp³-hybridized carbons (Fsp3) is 0.263. The summed E-state index contributed by atoms with van der Waals surface area (Å²) in [7, 11) is 0. The van der Waals surface area contributed by atoms with Crippen LogP contribution in [0, 0.1) is 0 Å². The number of hydrogen-bond donors (Lipinski definition) is 0. The highest BCUT2D eigenvalue weighted by atomic mass is 16.5. The highest BCUT2D eigenvalue weighted by Gasteiger charge is 2.07. The second kappa shape index (κ2) is 6.65. The first-order valence-corrected chi connectivity index (χ1v) is 7.82. The third kappa shape index (κ3) is 3.26. The molecule has 3 aromatic rings. The highest BCUT2D eigenvalue weighted by molar-refractivity contribution is 5.76. The van der Waals surface area contributed by atoms with E-state index in [1.165, 1.54) is 5.56 Å². The summed E-state index contributed by atoms with van der Waals surface area (Å²) in [5.74, 6) is 1.28. The average Bonchev–Trinajstić information content (AvgIpc) is 2.57. The topological polar surface area (TPSA) is 44.1 Å². The lowest BCUT2D eigenvalue weighted by Crippen LogP contribution is -2.23. The number of aromatic nitrogens is 2. The molecule has 0 atom stereocenters. The zero-order valence-electron chi connectivity index (χ0n) is 13.4. The van der Waals surface area contributed by atoms with Gasteiger partial charge in [0.25, 0.3) is 5.56 Å². The van der Waals surface area contributed by atoms with Crippen molar-refractivity contribution in [3.05, 3.63) is 70.8 Å². The number of fused-ring (bicyclic) bond motifs is 1. The van der Waals surface area contributed by atoms with Gasteiger partial charge in [-0.2, -0.15) is 0 Å². The molecule has 3 rings (SSSR count). The fourth-order valence-corrected chi connectivity index (χ4v) is 2.61. The summed E-state index contributed by atoms with van der Waals surface area (Å²) in [5.41, 5.74) is 1.87. The van der Waals surface area contributed by atoms with E-state index in [-0.39, 0.29) is 5.56 Å². The van der Waals surface area contributed by atoms with Crippen LogP contribution >= 0.6 is 0 Å². The second-order valence-corrected chi connectivity index (χ2v) is 5.80.